The average molecular weight is 399 g/mol. The number of hydrogen-bond donors (Lipinski definition) is 0. The Balaban J connectivity index is 0.000000426. The molecule has 0 saturated carbocycles. The number of halogens is 3. The van der Waals surface area contributed by atoms with Gasteiger partial charge >= 0.3 is 12.1 Å². The van der Waals surface area contributed by atoms with Gasteiger partial charge in [-0.05, 0) is 42.7 Å². The quantitative estimate of drug-likeness (QED) is 0.482. The van der Waals surface area contributed by atoms with Crippen LogP contribution in [0.1, 0.15) is 28.5 Å². The summed E-state index contributed by atoms with van der Waals surface area (Å²) in [7, 11) is 0. The van der Waals surface area contributed by atoms with Gasteiger partial charge in [-0.1, -0.05) is 12.1 Å². The third-order valence-electron chi connectivity index (χ3n) is 3.54. The van der Waals surface area contributed by atoms with Gasteiger partial charge in [0.05, 0.1) is 17.7 Å². The summed E-state index contributed by atoms with van der Waals surface area (Å²) in [5.74, 6) is 1.66. The van der Waals surface area contributed by atoms with Crippen molar-refractivity contribution in [3.8, 4) is 23.5 Å². The topological polar surface area (TPSA) is 65.0 Å². The summed E-state index contributed by atoms with van der Waals surface area (Å²) in [4.78, 5) is 23.2. The highest BCUT2D eigenvalue weighted by Gasteiger charge is 2.30. The van der Waals surface area contributed by atoms with Crippen molar-refractivity contribution in [2.45, 2.75) is 13.1 Å². The summed E-state index contributed by atoms with van der Waals surface area (Å²) in [6, 6.07) is 7.79. The van der Waals surface area contributed by atoms with E-state index in [-0.39, 0.29) is 17.9 Å². The molecule has 0 atom stereocenters. The summed E-state index contributed by atoms with van der Waals surface area (Å²) in [6.45, 7) is 1.83. The van der Waals surface area contributed by atoms with Crippen molar-refractivity contribution in [1.82, 2.24) is 15.0 Å². The van der Waals surface area contributed by atoms with Crippen molar-refractivity contribution in [2.24, 2.45) is 0 Å². The van der Waals surface area contributed by atoms with Crippen LogP contribution in [0.25, 0.3) is 11.1 Å². The van der Waals surface area contributed by atoms with Crippen LogP contribution in [-0.4, -0.2) is 27.5 Å². The molecule has 2 heterocycles. The molecule has 3 aromatic rings. The Morgan fingerprint density at radius 1 is 1.14 bits per heavy atom. The number of carbonyl (C=O) groups is 1. The molecular weight excluding hydrogens is 383 g/mol. The molecule has 8 heteroatoms. The number of aromatic nitrogens is 3. The predicted octanol–water partition coefficient (Wildman–Crippen LogP) is 4.40. The minimum absolute atomic E-state index is 0.103. The number of hydrogen-bond acceptors (Lipinski definition) is 5. The highest BCUT2D eigenvalue weighted by molar-refractivity contribution is 5.93. The summed E-state index contributed by atoms with van der Waals surface area (Å²) >= 11 is 0. The molecule has 0 radical (unpaired) electrons. The molecule has 0 saturated heterocycles. The zero-order valence-corrected chi connectivity index (χ0v) is 15.3. The SMILES string of the molecule is C#Cc1ncc(-c2ccc(C(F)(F)F)cc2)cc1C(=O)OCC.c1cncnc1. The number of carbonyl (C=O) groups excluding carboxylic acids is 1. The molecule has 1 aromatic carbocycles. The molecule has 0 fully saturated rings. The highest BCUT2D eigenvalue weighted by Crippen LogP contribution is 2.31. The van der Waals surface area contributed by atoms with Crippen LogP contribution < -0.4 is 0 Å². The van der Waals surface area contributed by atoms with E-state index in [4.69, 9.17) is 11.2 Å². The molecule has 0 bridgehead atoms. The first-order valence-electron chi connectivity index (χ1n) is 8.38. The molecule has 0 aliphatic carbocycles. The van der Waals surface area contributed by atoms with Crippen molar-refractivity contribution in [1.29, 1.82) is 0 Å². The smallest absolute Gasteiger partial charge is 0.416 e. The van der Waals surface area contributed by atoms with E-state index in [0.29, 0.717) is 11.1 Å². The molecule has 0 amide bonds. The maximum Gasteiger partial charge on any atom is 0.416 e. The molecule has 2 aromatic heterocycles. The third-order valence-corrected chi connectivity index (χ3v) is 3.54. The molecule has 0 aliphatic rings. The Morgan fingerprint density at radius 2 is 1.79 bits per heavy atom. The highest BCUT2D eigenvalue weighted by atomic mass is 19.4. The summed E-state index contributed by atoms with van der Waals surface area (Å²) in [5.41, 5.74) is 0.436. The van der Waals surface area contributed by atoms with E-state index in [1.807, 2.05) is 0 Å². The summed E-state index contributed by atoms with van der Waals surface area (Å²) in [6.07, 6.45) is 7.17. The van der Waals surface area contributed by atoms with Gasteiger partial charge in [0.15, 0.2) is 0 Å². The van der Waals surface area contributed by atoms with Gasteiger partial charge in [-0.2, -0.15) is 13.2 Å². The van der Waals surface area contributed by atoms with Gasteiger partial charge in [-0.3, -0.25) is 0 Å². The lowest BCUT2D eigenvalue weighted by Gasteiger charge is -2.09. The van der Waals surface area contributed by atoms with E-state index in [0.717, 1.165) is 12.1 Å². The first kappa shape index (κ1) is 21.6. The summed E-state index contributed by atoms with van der Waals surface area (Å²) < 4.78 is 42.6. The van der Waals surface area contributed by atoms with Crippen molar-refractivity contribution in [2.75, 3.05) is 6.61 Å². The lowest BCUT2D eigenvalue weighted by atomic mass is 10.0. The second-order valence-electron chi connectivity index (χ2n) is 5.46. The minimum atomic E-state index is -4.40. The molecule has 148 valence electrons. The van der Waals surface area contributed by atoms with Gasteiger partial charge in [0, 0.05) is 24.2 Å². The number of benzene rings is 1. The zero-order valence-electron chi connectivity index (χ0n) is 15.3. The normalized spacial score (nSPS) is 10.3. The second kappa shape index (κ2) is 9.99. The van der Waals surface area contributed by atoms with Crippen LogP contribution in [0.15, 0.2) is 61.3 Å². The first-order valence-corrected chi connectivity index (χ1v) is 8.38. The van der Waals surface area contributed by atoms with Gasteiger partial charge < -0.3 is 4.74 Å². The second-order valence-corrected chi connectivity index (χ2v) is 5.46. The molecule has 3 rings (SSSR count). The molecule has 0 spiro atoms. The Morgan fingerprint density at radius 3 is 2.24 bits per heavy atom. The maximum atomic E-state index is 12.6. The van der Waals surface area contributed by atoms with Crippen LogP contribution in [-0.2, 0) is 10.9 Å². The fourth-order valence-electron chi connectivity index (χ4n) is 2.21. The largest absolute Gasteiger partial charge is 0.462 e. The molecular formula is C21H16F3N3O2. The van der Waals surface area contributed by atoms with E-state index in [9.17, 15) is 18.0 Å². The van der Waals surface area contributed by atoms with Gasteiger partial charge in [-0.25, -0.2) is 19.7 Å². The standard InChI is InChI=1S/C17H12F3NO2.C4H4N2/c1-3-15-14(16(22)23-4-2)9-12(10-21-15)11-5-7-13(8-6-11)17(18,19)20;1-2-5-4-6-3-1/h1,5-10H,4H2,2H3;1-4H. The first-order chi connectivity index (χ1) is 13.9. The van der Waals surface area contributed by atoms with Gasteiger partial charge in [-0.15, -0.1) is 6.42 Å². The van der Waals surface area contributed by atoms with E-state index in [1.165, 1.54) is 30.7 Å². The van der Waals surface area contributed by atoms with Crippen LogP contribution in [0.2, 0.25) is 0 Å². The van der Waals surface area contributed by atoms with Crippen molar-refractivity contribution >= 4 is 5.97 Å². The number of rotatable bonds is 3. The maximum absolute atomic E-state index is 12.6. The monoisotopic (exact) mass is 399 g/mol. The van der Waals surface area contributed by atoms with Gasteiger partial charge in [0.2, 0.25) is 0 Å². The number of pyridine rings is 1. The molecule has 29 heavy (non-hydrogen) atoms. The van der Waals surface area contributed by atoms with Crippen LogP contribution in [0, 0.1) is 12.3 Å². The Hall–Kier alpha value is -3.73. The Bertz CT molecular complexity index is 956. The Labute approximate surface area is 165 Å². The van der Waals surface area contributed by atoms with E-state index < -0.39 is 17.7 Å². The van der Waals surface area contributed by atoms with Crippen LogP contribution in [0.4, 0.5) is 13.2 Å². The van der Waals surface area contributed by atoms with Crippen molar-refractivity contribution in [3.05, 3.63) is 78.1 Å². The fraction of sp³-hybridized carbons (Fsp3) is 0.143. The average Bonchev–Trinajstić information content (AvgIpc) is 2.74. The molecule has 5 nitrogen and oxygen atoms in total. The number of nitrogens with zero attached hydrogens (tertiary/aromatic N) is 3. The van der Waals surface area contributed by atoms with Crippen molar-refractivity contribution < 1.29 is 22.7 Å². The lowest BCUT2D eigenvalue weighted by molar-refractivity contribution is -0.137. The minimum Gasteiger partial charge on any atom is -0.462 e. The van der Waals surface area contributed by atoms with Gasteiger partial charge in [0.25, 0.3) is 0 Å². The van der Waals surface area contributed by atoms with Gasteiger partial charge in [0.1, 0.15) is 12.0 Å². The lowest BCUT2D eigenvalue weighted by Crippen LogP contribution is -2.08. The van der Waals surface area contributed by atoms with E-state index in [1.54, 1.807) is 25.4 Å². The predicted molar refractivity (Wildman–Crippen MR) is 101 cm³/mol. The number of alkyl halides is 3. The third kappa shape index (κ3) is 6.14. The summed E-state index contributed by atoms with van der Waals surface area (Å²) in [5, 5.41) is 0. The van der Waals surface area contributed by atoms with E-state index in [2.05, 4.69) is 20.9 Å². The van der Waals surface area contributed by atoms with Crippen LogP contribution in [0.5, 0.6) is 0 Å². The number of terminal acetylenes is 1. The fourth-order valence-corrected chi connectivity index (χ4v) is 2.21. The Kier molecular flexibility index (Phi) is 7.43. The number of esters is 1. The van der Waals surface area contributed by atoms with Crippen LogP contribution in [0.3, 0.4) is 0 Å². The van der Waals surface area contributed by atoms with Crippen molar-refractivity contribution in [3.63, 3.8) is 0 Å². The molecule has 0 N–H and O–H groups in total. The number of ether oxygens (including phenoxy) is 1. The molecule has 0 aliphatic heterocycles. The van der Waals surface area contributed by atoms with Crippen LogP contribution >= 0.6 is 0 Å². The zero-order chi connectivity index (χ0) is 21.3. The van der Waals surface area contributed by atoms with E-state index >= 15 is 0 Å². The molecule has 0 unspecified atom stereocenters.